The van der Waals surface area contributed by atoms with E-state index < -0.39 is 12.4 Å². The number of pyridine rings is 1. The summed E-state index contributed by atoms with van der Waals surface area (Å²) in [5, 5.41) is 16.5. The number of nitrogens with one attached hydrogen (secondary N) is 1. The number of anilines is 1. The molecule has 0 aliphatic carbocycles. The largest absolute Gasteiger partial charge is 0.473 e. The Bertz CT molecular complexity index is 1090. The van der Waals surface area contributed by atoms with Crippen molar-refractivity contribution >= 4 is 17.2 Å². The van der Waals surface area contributed by atoms with Gasteiger partial charge in [-0.05, 0) is 25.0 Å². The molecule has 4 heterocycles. The van der Waals surface area contributed by atoms with Crippen LogP contribution in [0.25, 0.3) is 16.9 Å². The second-order valence-electron chi connectivity index (χ2n) is 7.43. The lowest BCUT2D eigenvalue weighted by Gasteiger charge is -2.33. The molecule has 3 aromatic heterocycles. The van der Waals surface area contributed by atoms with Gasteiger partial charge in [-0.2, -0.15) is 14.5 Å². The highest BCUT2D eigenvalue weighted by molar-refractivity contribution is 5.77. The third-order valence-corrected chi connectivity index (χ3v) is 5.26. The number of aliphatic hydroxyl groups is 1. The fourth-order valence-electron chi connectivity index (χ4n) is 3.68. The number of aromatic nitrogens is 4. The van der Waals surface area contributed by atoms with Gasteiger partial charge in [0.2, 0.25) is 11.7 Å². The van der Waals surface area contributed by atoms with E-state index in [2.05, 4.69) is 20.4 Å². The lowest BCUT2D eigenvalue weighted by atomic mass is 10.1. The van der Waals surface area contributed by atoms with Crippen LogP contribution < -0.4 is 10.1 Å². The number of carbonyl (C=O) groups is 1. The maximum Gasteiger partial charge on any atom is 0.256 e. The molecule has 1 atom stereocenters. The molecule has 4 rings (SSSR count). The highest BCUT2D eigenvalue weighted by atomic mass is 19.1. The molecule has 0 radical (unpaired) electrons. The van der Waals surface area contributed by atoms with Crippen LogP contribution in [0, 0.1) is 5.82 Å². The zero-order valence-electron chi connectivity index (χ0n) is 17.7. The molecule has 1 aliphatic heterocycles. The number of halogens is 1. The van der Waals surface area contributed by atoms with Crippen LogP contribution >= 0.6 is 0 Å². The molecule has 10 nitrogen and oxygen atoms in total. The summed E-state index contributed by atoms with van der Waals surface area (Å²) in [6.07, 6.45) is 4.87. The Balaban J connectivity index is 1.67. The smallest absolute Gasteiger partial charge is 0.256 e. The van der Waals surface area contributed by atoms with Crippen molar-refractivity contribution in [2.45, 2.75) is 18.9 Å². The van der Waals surface area contributed by atoms with Crippen molar-refractivity contribution in [1.29, 1.82) is 0 Å². The number of carbonyl (C=O) groups excluding carboxylic acids is 1. The van der Waals surface area contributed by atoms with Gasteiger partial charge < -0.3 is 24.8 Å². The fraction of sp³-hybridized carbons (Fsp3) is 0.429. The van der Waals surface area contributed by atoms with Crippen molar-refractivity contribution in [2.75, 3.05) is 45.3 Å². The van der Waals surface area contributed by atoms with Crippen LogP contribution in [0.4, 0.5) is 10.2 Å². The summed E-state index contributed by atoms with van der Waals surface area (Å²) < 4.78 is 27.4. The third kappa shape index (κ3) is 4.63. The Morgan fingerprint density at radius 2 is 2.22 bits per heavy atom. The Morgan fingerprint density at radius 1 is 1.34 bits per heavy atom. The van der Waals surface area contributed by atoms with Crippen molar-refractivity contribution in [3.8, 4) is 17.3 Å². The molecule has 0 saturated carbocycles. The molecule has 1 aliphatic rings. The lowest BCUT2D eigenvalue weighted by Crippen LogP contribution is -2.46. The van der Waals surface area contributed by atoms with Gasteiger partial charge in [-0.1, -0.05) is 6.07 Å². The third-order valence-electron chi connectivity index (χ3n) is 5.26. The predicted octanol–water partition coefficient (Wildman–Crippen LogP) is 1.35. The number of nitrogens with zero attached hydrogens (tertiary/aromatic N) is 5. The second kappa shape index (κ2) is 9.88. The summed E-state index contributed by atoms with van der Waals surface area (Å²) in [7, 11) is 1.53. The van der Waals surface area contributed by atoms with E-state index in [0.717, 1.165) is 18.4 Å². The lowest BCUT2D eigenvalue weighted by molar-refractivity contribution is -0.135. The first-order valence-electron chi connectivity index (χ1n) is 10.4. The Hall–Kier alpha value is -3.31. The maximum absolute atomic E-state index is 15.2. The molecule has 0 unspecified atom stereocenters. The zero-order chi connectivity index (χ0) is 22.5. The molecule has 0 bridgehead atoms. The molecular weight excluding hydrogens is 419 g/mol. The number of hydrogen-bond donors (Lipinski definition) is 2. The Labute approximate surface area is 184 Å². The van der Waals surface area contributed by atoms with Gasteiger partial charge in [-0.15, -0.1) is 0 Å². The summed E-state index contributed by atoms with van der Waals surface area (Å²) in [4.78, 5) is 22.1. The van der Waals surface area contributed by atoms with Gasteiger partial charge in [-0.3, -0.25) is 4.79 Å². The molecule has 0 spiro atoms. The minimum atomic E-state index is -0.716. The van der Waals surface area contributed by atoms with Crippen molar-refractivity contribution in [3.63, 3.8) is 0 Å². The highest BCUT2D eigenvalue weighted by Gasteiger charge is 2.26. The summed E-state index contributed by atoms with van der Waals surface area (Å²) in [6, 6.07) is 5.36. The Kier molecular flexibility index (Phi) is 6.76. The van der Waals surface area contributed by atoms with Crippen LogP contribution in [-0.2, 0) is 9.53 Å². The van der Waals surface area contributed by atoms with Gasteiger partial charge in [0.25, 0.3) is 5.88 Å². The number of rotatable bonds is 8. The normalized spacial score (nSPS) is 16.3. The molecule has 1 saturated heterocycles. The fourth-order valence-corrected chi connectivity index (χ4v) is 3.68. The average molecular weight is 444 g/mol. The minimum absolute atomic E-state index is 0.0130. The molecule has 170 valence electrons. The first-order chi connectivity index (χ1) is 15.6. The molecule has 3 aromatic rings. The van der Waals surface area contributed by atoms with E-state index in [4.69, 9.17) is 14.6 Å². The number of hydrogen-bond acceptors (Lipinski definition) is 8. The summed E-state index contributed by atoms with van der Waals surface area (Å²) >= 11 is 0. The van der Waals surface area contributed by atoms with E-state index in [1.165, 1.54) is 7.11 Å². The number of ether oxygens (including phenoxy) is 2. The van der Waals surface area contributed by atoms with Crippen LogP contribution in [0.3, 0.4) is 0 Å². The molecule has 0 aromatic carbocycles. The van der Waals surface area contributed by atoms with Gasteiger partial charge in [0.05, 0.1) is 23.9 Å². The van der Waals surface area contributed by atoms with Gasteiger partial charge in [0.15, 0.2) is 11.6 Å². The van der Waals surface area contributed by atoms with E-state index >= 15 is 4.39 Å². The number of amides is 1. The van der Waals surface area contributed by atoms with E-state index in [1.807, 2.05) is 18.2 Å². The topological polar surface area (TPSA) is 114 Å². The molecule has 2 N–H and O–H groups in total. The van der Waals surface area contributed by atoms with Crippen LogP contribution in [-0.4, -0.2) is 81.6 Å². The number of aliphatic hydroxyl groups excluding tert-OH is 1. The van der Waals surface area contributed by atoms with Crippen LogP contribution in [0.5, 0.6) is 5.88 Å². The monoisotopic (exact) mass is 444 g/mol. The van der Waals surface area contributed by atoms with Crippen molar-refractivity contribution < 1.29 is 23.8 Å². The van der Waals surface area contributed by atoms with Gasteiger partial charge >= 0.3 is 0 Å². The summed E-state index contributed by atoms with van der Waals surface area (Å²) in [5.41, 5.74) is 1.40. The van der Waals surface area contributed by atoms with Gasteiger partial charge in [-0.25, -0.2) is 9.50 Å². The number of piperidine rings is 1. The minimum Gasteiger partial charge on any atom is -0.473 e. The standard InChI is InChI=1S/C21H25FN6O4/c1-31-9-10-32-21-18(22)20(24-14-5-4-7-27(12-14)17(30)13-29)25-19(26-21)15-11-23-28-8-3-2-6-16(15)28/h2-3,6,8,11,14,29H,4-5,7,9-10,12-13H2,1H3,(H,24,25,26)/t14-/m1/s1. The molecule has 11 heteroatoms. The maximum atomic E-state index is 15.2. The predicted molar refractivity (Wildman–Crippen MR) is 114 cm³/mol. The average Bonchev–Trinajstić information content (AvgIpc) is 3.25. The Morgan fingerprint density at radius 3 is 3.03 bits per heavy atom. The number of methoxy groups -OCH3 is 1. The SMILES string of the molecule is COCCOc1nc(-c2cnn3ccccc23)nc(N[C@@H]2CCCN(C(=O)CO)C2)c1F. The van der Waals surface area contributed by atoms with Crippen LogP contribution in [0.1, 0.15) is 12.8 Å². The summed E-state index contributed by atoms with van der Waals surface area (Å²) in [5.74, 6) is -1.01. The van der Waals surface area contributed by atoms with E-state index in [-0.39, 0.29) is 42.7 Å². The van der Waals surface area contributed by atoms with Gasteiger partial charge in [0.1, 0.15) is 13.2 Å². The molecule has 1 amide bonds. The highest BCUT2D eigenvalue weighted by Crippen LogP contribution is 2.29. The molecular formula is C21H25FN6O4. The summed E-state index contributed by atoms with van der Waals surface area (Å²) in [6.45, 7) is 0.752. The zero-order valence-corrected chi connectivity index (χ0v) is 17.7. The molecule has 1 fully saturated rings. The second-order valence-corrected chi connectivity index (χ2v) is 7.43. The van der Waals surface area contributed by atoms with Crippen molar-refractivity contribution in [2.24, 2.45) is 0 Å². The van der Waals surface area contributed by atoms with Crippen molar-refractivity contribution in [1.82, 2.24) is 24.5 Å². The molecule has 32 heavy (non-hydrogen) atoms. The van der Waals surface area contributed by atoms with E-state index in [9.17, 15) is 4.79 Å². The first kappa shape index (κ1) is 21.9. The van der Waals surface area contributed by atoms with Crippen molar-refractivity contribution in [3.05, 3.63) is 36.4 Å². The van der Waals surface area contributed by atoms with Crippen LogP contribution in [0.2, 0.25) is 0 Å². The number of likely N-dealkylation sites (tertiary alicyclic amines) is 1. The number of fused-ring (bicyclic) bond motifs is 1. The van der Waals surface area contributed by atoms with Gasteiger partial charge in [0, 0.05) is 32.4 Å². The first-order valence-corrected chi connectivity index (χ1v) is 10.4. The van der Waals surface area contributed by atoms with E-state index in [1.54, 1.807) is 21.8 Å². The quantitative estimate of drug-likeness (QED) is 0.501. The van der Waals surface area contributed by atoms with Crippen LogP contribution in [0.15, 0.2) is 30.6 Å². The van der Waals surface area contributed by atoms with E-state index in [0.29, 0.717) is 18.7 Å².